The Bertz CT molecular complexity index is 1560. The van der Waals surface area contributed by atoms with E-state index in [1.165, 1.54) is 11.3 Å². The minimum Gasteiger partial charge on any atom is -0.325 e. The molecule has 0 spiro atoms. The quantitative estimate of drug-likeness (QED) is 0.199. The molecular weight excluding hydrogens is 481 g/mol. The third-order valence-corrected chi connectivity index (χ3v) is 6.75. The third kappa shape index (κ3) is 4.18. The Balaban J connectivity index is 1.44. The normalized spacial score (nSPS) is 12.4. The second kappa shape index (κ2) is 8.65. The maximum atomic E-state index is 13.2. The Morgan fingerprint density at radius 3 is 2.80 bits per heavy atom. The molecule has 2 N–H and O–H groups in total. The SMILES string of the molecule is CN(Cc1cccc2[nH]ncc12)/N=C\c1c(C=O)n(C)c2nc(Cc3[nH]ncc3C(F)(F)F)sc12. The van der Waals surface area contributed by atoms with Crippen molar-refractivity contribution in [2.24, 2.45) is 12.1 Å². The topological polar surface area (TPSA) is 108 Å². The van der Waals surface area contributed by atoms with Crippen molar-refractivity contribution in [1.82, 2.24) is 35.0 Å². The van der Waals surface area contributed by atoms with Crippen LogP contribution in [-0.2, 0) is 26.2 Å². The molecule has 4 aromatic heterocycles. The number of benzene rings is 1. The third-order valence-electron chi connectivity index (χ3n) is 5.67. The highest BCUT2D eigenvalue weighted by Gasteiger charge is 2.35. The fourth-order valence-electron chi connectivity index (χ4n) is 3.97. The fourth-order valence-corrected chi connectivity index (χ4v) is 5.09. The molecule has 4 heterocycles. The molecule has 0 radical (unpaired) electrons. The summed E-state index contributed by atoms with van der Waals surface area (Å²) in [5.41, 5.74) is 2.54. The summed E-state index contributed by atoms with van der Waals surface area (Å²) in [4.78, 5) is 16.3. The van der Waals surface area contributed by atoms with Gasteiger partial charge in [0.1, 0.15) is 5.01 Å². The Hall–Kier alpha value is -4.00. The Morgan fingerprint density at radius 1 is 1.23 bits per heavy atom. The lowest BCUT2D eigenvalue weighted by atomic mass is 10.1. The number of nitrogens with one attached hydrogen (secondary N) is 2. The molecule has 0 bridgehead atoms. The first-order valence-corrected chi connectivity index (χ1v) is 11.3. The number of halogens is 3. The standard InChI is InChI=1S/C22H19F3N8OS/c1-32(10-12-4-3-5-16-13(12)7-26-30-16)28-8-14-18(11-34)33(2)21-20(14)35-19(29-21)6-17-15(9-27-31-17)22(23,24)25/h3-5,7-9,11H,6,10H2,1-2H3,(H,26,30)(H,27,31)/b28-8-. The number of hydrogen-bond donors (Lipinski definition) is 2. The second-order valence-corrected chi connectivity index (χ2v) is 9.07. The van der Waals surface area contributed by atoms with E-state index in [0.717, 1.165) is 28.9 Å². The van der Waals surface area contributed by atoms with Gasteiger partial charge in [0.15, 0.2) is 11.9 Å². The van der Waals surface area contributed by atoms with Crippen LogP contribution in [0.15, 0.2) is 35.7 Å². The van der Waals surface area contributed by atoms with E-state index < -0.39 is 11.7 Å². The van der Waals surface area contributed by atoms with Gasteiger partial charge in [-0.2, -0.15) is 28.5 Å². The van der Waals surface area contributed by atoms with Crippen molar-refractivity contribution in [3.05, 3.63) is 63.7 Å². The van der Waals surface area contributed by atoms with Gasteiger partial charge in [-0.1, -0.05) is 12.1 Å². The summed E-state index contributed by atoms with van der Waals surface area (Å²) in [5.74, 6) is 0. The van der Waals surface area contributed by atoms with Gasteiger partial charge in [0, 0.05) is 31.5 Å². The molecule has 0 amide bonds. The molecule has 0 aliphatic carbocycles. The molecule has 5 aromatic rings. The number of aryl methyl sites for hydroxylation is 1. The fraction of sp³-hybridized carbons (Fsp3) is 0.227. The zero-order chi connectivity index (χ0) is 24.7. The summed E-state index contributed by atoms with van der Waals surface area (Å²) >= 11 is 1.22. The molecule has 0 aliphatic heterocycles. The van der Waals surface area contributed by atoms with E-state index in [2.05, 4.69) is 30.5 Å². The van der Waals surface area contributed by atoms with Crippen LogP contribution in [0.4, 0.5) is 13.2 Å². The van der Waals surface area contributed by atoms with E-state index in [1.54, 1.807) is 29.0 Å². The number of alkyl halides is 3. The lowest BCUT2D eigenvalue weighted by Crippen LogP contribution is -2.11. The zero-order valence-corrected chi connectivity index (χ0v) is 19.4. The molecule has 0 saturated carbocycles. The van der Waals surface area contributed by atoms with Crippen molar-refractivity contribution < 1.29 is 18.0 Å². The summed E-state index contributed by atoms with van der Waals surface area (Å²) in [7, 11) is 3.50. The van der Waals surface area contributed by atoms with Crippen LogP contribution >= 0.6 is 11.3 Å². The number of hydrazone groups is 1. The van der Waals surface area contributed by atoms with Gasteiger partial charge in [-0.15, -0.1) is 11.3 Å². The van der Waals surface area contributed by atoms with Gasteiger partial charge < -0.3 is 4.57 Å². The van der Waals surface area contributed by atoms with Crippen LogP contribution in [0, 0.1) is 0 Å². The van der Waals surface area contributed by atoms with Gasteiger partial charge in [0.05, 0.1) is 52.3 Å². The minimum atomic E-state index is -4.51. The summed E-state index contributed by atoms with van der Waals surface area (Å²) < 4.78 is 41.9. The number of fused-ring (bicyclic) bond motifs is 2. The molecule has 13 heteroatoms. The highest BCUT2D eigenvalue weighted by Crippen LogP contribution is 2.34. The summed E-state index contributed by atoms with van der Waals surface area (Å²) in [5, 5.41) is 20.7. The molecule has 35 heavy (non-hydrogen) atoms. The average molecular weight is 501 g/mol. The Labute approximate surface area is 200 Å². The van der Waals surface area contributed by atoms with E-state index >= 15 is 0 Å². The number of hydrogen-bond acceptors (Lipinski definition) is 7. The average Bonchev–Trinajstić information content (AvgIpc) is 3.58. The number of aromatic amines is 2. The number of carbonyl (C=O) groups is 1. The van der Waals surface area contributed by atoms with E-state index in [4.69, 9.17) is 0 Å². The molecule has 0 fully saturated rings. The highest BCUT2D eigenvalue weighted by molar-refractivity contribution is 7.19. The number of carbonyl (C=O) groups excluding carboxylic acids is 1. The van der Waals surface area contributed by atoms with E-state index in [9.17, 15) is 18.0 Å². The van der Waals surface area contributed by atoms with Gasteiger partial charge in [-0.3, -0.25) is 20.0 Å². The highest BCUT2D eigenvalue weighted by atomic mass is 32.1. The van der Waals surface area contributed by atoms with Crippen molar-refractivity contribution in [3.63, 3.8) is 0 Å². The van der Waals surface area contributed by atoms with Crippen LogP contribution in [0.1, 0.15) is 37.9 Å². The van der Waals surface area contributed by atoms with Crippen molar-refractivity contribution in [1.29, 1.82) is 0 Å². The first kappa shape index (κ1) is 22.8. The van der Waals surface area contributed by atoms with E-state index in [0.29, 0.717) is 33.2 Å². The molecule has 0 unspecified atom stereocenters. The lowest BCUT2D eigenvalue weighted by molar-refractivity contribution is -0.138. The first-order chi connectivity index (χ1) is 16.8. The molecule has 180 valence electrons. The second-order valence-electron chi connectivity index (χ2n) is 7.98. The van der Waals surface area contributed by atoms with Gasteiger partial charge in [0.25, 0.3) is 0 Å². The molecule has 0 aliphatic rings. The van der Waals surface area contributed by atoms with E-state index in [-0.39, 0.29) is 12.1 Å². The van der Waals surface area contributed by atoms with Crippen LogP contribution in [-0.4, -0.2) is 54.5 Å². The molecule has 0 saturated heterocycles. The maximum absolute atomic E-state index is 13.2. The first-order valence-electron chi connectivity index (χ1n) is 10.4. The molecule has 5 rings (SSSR count). The Morgan fingerprint density at radius 2 is 2.03 bits per heavy atom. The van der Waals surface area contributed by atoms with Crippen molar-refractivity contribution in [3.8, 4) is 0 Å². The summed E-state index contributed by atoms with van der Waals surface area (Å²) in [6.07, 6.45) is 0.267. The maximum Gasteiger partial charge on any atom is 0.419 e. The largest absolute Gasteiger partial charge is 0.419 e. The molecule has 9 nitrogen and oxygen atoms in total. The predicted molar refractivity (Wildman–Crippen MR) is 126 cm³/mol. The number of rotatable bonds is 7. The lowest BCUT2D eigenvalue weighted by Gasteiger charge is -2.13. The van der Waals surface area contributed by atoms with Crippen molar-refractivity contribution >= 4 is 45.1 Å². The smallest absolute Gasteiger partial charge is 0.325 e. The number of thiazole rings is 1. The number of H-pyrrole nitrogens is 2. The predicted octanol–water partition coefficient (Wildman–Crippen LogP) is 4.12. The molecular formula is C22H19F3N8OS. The van der Waals surface area contributed by atoms with Gasteiger partial charge in [0.2, 0.25) is 0 Å². The summed E-state index contributed by atoms with van der Waals surface area (Å²) in [6, 6.07) is 5.86. The van der Waals surface area contributed by atoms with Crippen molar-refractivity contribution in [2.75, 3.05) is 7.05 Å². The monoisotopic (exact) mass is 500 g/mol. The van der Waals surface area contributed by atoms with Gasteiger partial charge in [-0.05, 0) is 11.6 Å². The summed E-state index contributed by atoms with van der Waals surface area (Å²) in [6.45, 7) is 0.508. The van der Waals surface area contributed by atoms with Crippen LogP contribution in [0.2, 0.25) is 0 Å². The van der Waals surface area contributed by atoms with Crippen LogP contribution in [0.3, 0.4) is 0 Å². The zero-order valence-electron chi connectivity index (χ0n) is 18.6. The van der Waals surface area contributed by atoms with Crippen LogP contribution in [0.5, 0.6) is 0 Å². The number of aldehydes is 1. The van der Waals surface area contributed by atoms with Crippen molar-refractivity contribution in [2.45, 2.75) is 19.1 Å². The van der Waals surface area contributed by atoms with Crippen LogP contribution < -0.4 is 0 Å². The molecule has 1 aromatic carbocycles. The van der Waals surface area contributed by atoms with Crippen LogP contribution in [0.25, 0.3) is 21.3 Å². The Kier molecular flexibility index (Phi) is 5.63. The minimum absolute atomic E-state index is 0.0597. The van der Waals surface area contributed by atoms with Gasteiger partial charge >= 0.3 is 6.18 Å². The molecule has 0 atom stereocenters. The van der Waals surface area contributed by atoms with Gasteiger partial charge in [-0.25, -0.2) is 4.98 Å². The number of nitrogens with zero attached hydrogens (tertiary/aromatic N) is 6. The number of aromatic nitrogens is 6. The van der Waals surface area contributed by atoms with E-state index in [1.807, 2.05) is 25.2 Å².